The van der Waals surface area contributed by atoms with E-state index in [0.29, 0.717) is 5.56 Å². The summed E-state index contributed by atoms with van der Waals surface area (Å²) >= 11 is 1.74. The Kier molecular flexibility index (Phi) is 4.81. The van der Waals surface area contributed by atoms with Gasteiger partial charge in [-0.15, -0.1) is 0 Å². The number of rotatable bonds is 5. The zero-order valence-electron chi connectivity index (χ0n) is 10.7. The smallest absolute Gasteiger partial charge is 0.175 e. The van der Waals surface area contributed by atoms with Gasteiger partial charge in [-0.1, -0.05) is 12.8 Å². The number of halogens is 1. The van der Waals surface area contributed by atoms with Gasteiger partial charge in [0.25, 0.3) is 0 Å². The van der Waals surface area contributed by atoms with Crippen LogP contribution in [0.4, 0.5) is 4.39 Å². The van der Waals surface area contributed by atoms with Gasteiger partial charge in [-0.3, -0.25) is 4.79 Å². The normalized spacial score (nSPS) is 17.9. The molecule has 1 aromatic carbocycles. The number of Topliss-reactive ketones (excluding diaryl/α,β-unsaturated/α-hetero) is 1. The van der Waals surface area contributed by atoms with Crippen LogP contribution in [0.2, 0.25) is 0 Å². The maximum atomic E-state index is 12.8. The third kappa shape index (κ3) is 3.58. The van der Waals surface area contributed by atoms with Crippen LogP contribution in [0.25, 0.3) is 0 Å². The molecule has 98 valence electrons. The highest BCUT2D eigenvalue weighted by Crippen LogP contribution is 2.30. The largest absolute Gasteiger partial charge is 0.293 e. The molecule has 1 nitrogen and oxygen atoms in total. The Labute approximate surface area is 112 Å². The molecule has 0 saturated heterocycles. The molecular formula is C15H19FOS. The molecule has 0 spiro atoms. The van der Waals surface area contributed by atoms with E-state index in [9.17, 15) is 9.18 Å². The van der Waals surface area contributed by atoms with E-state index in [1.165, 1.54) is 37.8 Å². The van der Waals surface area contributed by atoms with Gasteiger partial charge >= 0.3 is 0 Å². The summed E-state index contributed by atoms with van der Waals surface area (Å²) in [6, 6.07) is 5.85. The average Bonchev–Trinajstić information content (AvgIpc) is 2.89. The molecule has 1 unspecified atom stereocenters. The molecule has 0 aromatic heterocycles. The van der Waals surface area contributed by atoms with Gasteiger partial charge in [-0.2, -0.15) is 11.8 Å². The van der Waals surface area contributed by atoms with Crippen molar-refractivity contribution >= 4 is 17.5 Å². The van der Waals surface area contributed by atoms with Gasteiger partial charge in [-0.05, 0) is 55.7 Å². The maximum absolute atomic E-state index is 12.8. The van der Waals surface area contributed by atoms with Gasteiger partial charge in [-0.25, -0.2) is 4.39 Å². The minimum Gasteiger partial charge on any atom is -0.293 e. The Morgan fingerprint density at radius 3 is 2.56 bits per heavy atom. The zero-order valence-corrected chi connectivity index (χ0v) is 11.5. The highest BCUT2D eigenvalue weighted by Gasteiger charge is 2.20. The standard InChI is InChI=1S/C15H19FOS/c1-11(18-10-12-4-2-3-5-12)15(17)13-6-8-14(16)9-7-13/h6-9,11-12H,2-5,10H2,1H3. The van der Waals surface area contributed by atoms with Crippen molar-refractivity contribution in [2.75, 3.05) is 5.75 Å². The van der Waals surface area contributed by atoms with Gasteiger partial charge in [0, 0.05) is 5.56 Å². The molecule has 1 aromatic rings. The monoisotopic (exact) mass is 266 g/mol. The quantitative estimate of drug-likeness (QED) is 0.738. The number of ketones is 1. The minimum absolute atomic E-state index is 0.0314. The number of benzene rings is 1. The van der Waals surface area contributed by atoms with Crippen molar-refractivity contribution in [1.29, 1.82) is 0 Å². The van der Waals surface area contributed by atoms with E-state index in [4.69, 9.17) is 0 Å². The number of hydrogen-bond donors (Lipinski definition) is 0. The summed E-state index contributed by atoms with van der Waals surface area (Å²) in [6.07, 6.45) is 5.30. The Bertz CT molecular complexity index is 395. The van der Waals surface area contributed by atoms with Crippen molar-refractivity contribution in [3.05, 3.63) is 35.6 Å². The fraction of sp³-hybridized carbons (Fsp3) is 0.533. The van der Waals surface area contributed by atoms with Crippen LogP contribution in [0.15, 0.2) is 24.3 Å². The van der Waals surface area contributed by atoms with Crippen molar-refractivity contribution in [1.82, 2.24) is 0 Å². The highest BCUT2D eigenvalue weighted by molar-refractivity contribution is 8.00. The van der Waals surface area contributed by atoms with Crippen LogP contribution in [-0.4, -0.2) is 16.8 Å². The lowest BCUT2D eigenvalue weighted by atomic mass is 10.1. The van der Waals surface area contributed by atoms with Gasteiger partial charge < -0.3 is 0 Å². The van der Waals surface area contributed by atoms with E-state index in [2.05, 4.69) is 0 Å². The predicted octanol–water partition coefficient (Wildman–Crippen LogP) is 4.32. The number of carbonyl (C=O) groups excluding carboxylic acids is 1. The van der Waals surface area contributed by atoms with Crippen LogP contribution in [0.1, 0.15) is 43.0 Å². The van der Waals surface area contributed by atoms with E-state index >= 15 is 0 Å². The van der Waals surface area contributed by atoms with Gasteiger partial charge in [0.1, 0.15) is 5.82 Å². The van der Waals surface area contributed by atoms with Gasteiger partial charge in [0.15, 0.2) is 5.78 Å². The first-order chi connectivity index (χ1) is 8.66. The predicted molar refractivity (Wildman–Crippen MR) is 74.6 cm³/mol. The lowest BCUT2D eigenvalue weighted by molar-refractivity contribution is 0.0994. The molecule has 0 amide bonds. The summed E-state index contributed by atoms with van der Waals surface area (Å²) < 4.78 is 12.8. The molecule has 0 heterocycles. The first kappa shape index (κ1) is 13.6. The Morgan fingerprint density at radius 1 is 1.33 bits per heavy atom. The minimum atomic E-state index is -0.294. The van der Waals surface area contributed by atoms with Gasteiger partial charge in [0.05, 0.1) is 5.25 Å². The average molecular weight is 266 g/mol. The van der Waals surface area contributed by atoms with E-state index < -0.39 is 0 Å². The lowest BCUT2D eigenvalue weighted by Crippen LogP contribution is -2.15. The third-order valence-electron chi connectivity index (χ3n) is 3.55. The topological polar surface area (TPSA) is 17.1 Å². The summed E-state index contributed by atoms with van der Waals surface area (Å²) in [5.74, 6) is 1.68. The molecule has 1 atom stereocenters. The Hall–Kier alpha value is -0.830. The Morgan fingerprint density at radius 2 is 1.94 bits per heavy atom. The van der Waals surface area contributed by atoms with Crippen LogP contribution in [0.5, 0.6) is 0 Å². The molecule has 0 N–H and O–H groups in total. The van der Waals surface area contributed by atoms with Crippen LogP contribution < -0.4 is 0 Å². The van der Waals surface area contributed by atoms with E-state index in [0.717, 1.165) is 11.7 Å². The molecule has 18 heavy (non-hydrogen) atoms. The summed E-state index contributed by atoms with van der Waals surface area (Å²) in [7, 11) is 0. The van der Waals surface area contributed by atoms with Crippen LogP contribution >= 0.6 is 11.8 Å². The number of carbonyl (C=O) groups is 1. The second kappa shape index (κ2) is 6.37. The van der Waals surface area contributed by atoms with Crippen LogP contribution in [0, 0.1) is 11.7 Å². The van der Waals surface area contributed by atoms with Crippen molar-refractivity contribution in [2.24, 2.45) is 5.92 Å². The first-order valence-corrected chi connectivity index (χ1v) is 7.63. The molecule has 0 radical (unpaired) electrons. The number of thioether (sulfide) groups is 1. The molecule has 1 saturated carbocycles. The zero-order chi connectivity index (χ0) is 13.0. The molecule has 3 heteroatoms. The molecule has 0 bridgehead atoms. The van der Waals surface area contributed by atoms with Crippen molar-refractivity contribution in [3.63, 3.8) is 0 Å². The van der Waals surface area contributed by atoms with Gasteiger partial charge in [0.2, 0.25) is 0 Å². The van der Waals surface area contributed by atoms with Crippen molar-refractivity contribution < 1.29 is 9.18 Å². The second-order valence-corrected chi connectivity index (χ2v) is 6.37. The molecule has 1 aliphatic rings. The third-order valence-corrected chi connectivity index (χ3v) is 4.93. The van der Waals surface area contributed by atoms with E-state index in [1.807, 2.05) is 6.92 Å². The maximum Gasteiger partial charge on any atom is 0.175 e. The number of hydrogen-bond acceptors (Lipinski definition) is 2. The molecular weight excluding hydrogens is 247 g/mol. The molecule has 0 aliphatic heterocycles. The summed E-state index contributed by atoms with van der Waals surface area (Å²) in [6.45, 7) is 1.95. The van der Waals surface area contributed by atoms with Crippen LogP contribution in [-0.2, 0) is 0 Å². The Balaban J connectivity index is 1.85. The SMILES string of the molecule is CC(SCC1CCCC1)C(=O)c1ccc(F)cc1. The van der Waals surface area contributed by atoms with E-state index in [-0.39, 0.29) is 16.9 Å². The fourth-order valence-corrected chi connectivity index (χ4v) is 3.56. The van der Waals surface area contributed by atoms with Crippen molar-refractivity contribution in [3.8, 4) is 0 Å². The van der Waals surface area contributed by atoms with Crippen molar-refractivity contribution in [2.45, 2.75) is 37.9 Å². The van der Waals surface area contributed by atoms with Crippen LogP contribution in [0.3, 0.4) is 0 Å². The molecule has 1 aliphatic carbocycles. The lowest BCUT2D eigenvalue weighted by Gasteiger charge is -2.13. The first-order valence-electron chi connectivity index (χ1n) is 6.58. The molecule has 1 fully saturated rings. The fourth-order valence-electron chi connectivity index (χ4n) is 2.38. The summed E-state index contributed by atoms with van der Waals surface area (Å²) in [5.41, 5.74) is 0.614. The summed E-state index contributed by atoms with van der Waals surface area (Å²) in [5, 5.41) is -0.0314. The molecule has 2 rings (SSSR count). The highest BCUT2D eigenvalue weighted by atomic mass is 32.2. The second-order valence-electron chi connectivity index (χ2n) is 5.00. The summed E-state index contributed by atoms with van der Waals surface area (Å²) in [4.78, 5) is 12.1. The van der Waals surface area contributed by atoms with E-state index in [1.54, 1.807) is 23.9 Å².